The standard InChI is InChI=1S/C21H11ClF3NO2S2/c22-16-8-6-12(21(23,24)25)10-15(16)17-9-7-14(28-17)11-18-19(29)26(20(27)30-18)13-4-2-1-3-5-13/h1-11H. The van der Waals surface area contributed by atoms with Crippen LogP contribution >= 0.6 is 35.6 Å². The fourth-order valence-corrected chi connectivity index (χ4v) is 4.33. The summed E-state index contributed by atoms with van der Waals surface area (Å²) in [7, 11) is 0. The Morgan fingerprint density at radius 1 is 1.07 bits per heavy atom. The average Bonchev–Trinajstić information content (AvgIpc) is 3.26. The number of halogens is 4. The van der Waals surface area contributed by atoms with Gasteiger partial charge in [-0.05, 0) is 60.3 Å². The van der Waals surface area contributed by atoms with Crippen molar-refractivity contribution in [2.24, 2.45) is 0 Å². The summed E-state index contributed by atoms with van der Waals surface area (Å²) in [4.78, 5) is 14.6. The summed E-state index contributed by atoms with van der Waals surface area (Å²) < 4.78 is 44.7. The van der Waals surface area contributed by atoms with Gasteiger partial charge in [0.2, 0.25) is 0 Å². The molecule has 9 heteroatoms. The Morgan fingerprint density at radius 2 is 1.80 bits per heavy atom. The Balaban J connectivity index is 1.64. The van der Waals surface area contributed by atoms with Gasteiger partial charge in [0.1, 0.15) is 16.5 Å². The van der Waals surface area contributed by atoms with Crippen molar-refractivity contribution in [3.8, 4) is 11.3 Å². The molecule has 3 nitrogen and oxygen atoms in total. The summed E-state index contributed by atoms with van der Waals surface area (Å²) in [6.07, 6.45) is -2.91. The van der Waals surface area contributed by atoms with Crippen LogP contribution in [0.2, 0.25) is 5.02 Å². The molecule has 2 aromatic carbocycles. The zero-order valence-corrected chi connectivity index (χ0v) is 17.3. The van der Waals surface area contributed by atoms with Crippen molar-refractivity contribution in [3.63, 3.8) is 0 Å². The minimum Gasteiger partial charge on any atom is -0.457 e. The topological polar surface area (TPSA) is 33.5 Å². The van der Waals surface area contributed by atoms with Crippen molar-refractivity contribution < 1.29 is 22.4 Å². The van der Waals surface area contributed by atoms with Crippen molar-refractivity contribution >= 4 is 57.6 Å². The third kappa shape index (κ3) is 4.03. The Hall–Kier alpha value is -2.55. The van der Waals surface area contributed by atoms with Crippen LogP contribution in [0.4, 0.5) is 23.7 Å². The average molecular weight is 466 g/mol. The SMILES string of the molecule is O=C1SC(=Cc2ccc(-c3cc(C(F)(F)F)ccc3Cl)o2)C(=S)N1c1ccccc1. The van der Waals surface area contributed by atoms with Crippen LogP contribution in [0.5, 0.6) is 0 Å². The summed E-state index contributed by atoms with van der Waals surface area (Å²) in [6.45, 7) is 0. The van der Waals surface area contributed by atoms with Gasteiger partial charge in [0.05, 0.1) is 21.2 Å². The third-order valence-electron chi connectivity index (χ3n) is 4.27. The number of rotatable bonds is 3. The molecule has 152 valence electrons. The second-order valence-corrected chi connectivity index (χ2v) is 8.03. The largest absolute Gasteiger partial charge is 0.457 e. The summed E-state index contributed by atoms with van der Waals surface area (Å²) in [6, 6.07) is 15.1. The monoisotopic (exact) mass is 465 g/mol. The Labute approximate surface area is 184 Å². The number of carbonyl (C=O) groups is 1. The first-order valence-corrected chi connectivity index (χ1v) is 10.1. The lowest BCUT2D eigenvalue weighted by molar-refractivity contribution is -0.137. The molecule has 1 aliphatic rings. The highest BCUT2D eigenvalue weighted by Gasteiger charge is 2.33. The fourth-order valence-electron chi connectivity index (χ4n) is 2.86. The number of nitrogens with zero attached hydrogens (tertiary/aromatic N) is 1. The fraction of sp³-hybridized carbons (Fsp3) is 0.0476. The molecule has 0 atom stereocenters. The van der Waals surface area contributed by atoms with Crippen LogP contribution < -0.4 is 4.90 Å². The molecule has 3 aromatic rings. The minimum absolute atomic E-state index is 0.125. The number of anilines is 1. The number of amides is 1. The first kappa shape index (κ1) is 20.7. The van der Waals surface area contributed by atoms with Crippen LogP contribution in [-0.2, 0) is 6.18 Å². The molecule has 1 fully saturated rings. The van der Waals surface area contributed by atoms with Crippen LogP contribution in [-0.4, -0.2) is 10.2 Å². The highest BCUT2D eigenvalue weighted by molar-refractivity contribution is 8.20. The van der Waals surface area contributed by atoms with Crippen LogP contribution in [0.1, 0.15) is 11.3 Å². The molecule has 1 saturated heterocycles. The first-order chi connectivity index (χ1) is 14.2. The van der Waals surface area contributed by atoms with E-state index in [1.807, 2.05) is 6.07 Å². The van der Waals surface area contributed by atoms with Crippen molar-refractivity contribution in [2.45, 2.75) is 6.18 Å². The predicted octanol–water partition coefficient (Wildman–Crippen LogP) is 7.66. The van der Waals surface area contributed by atoms with Gasteiger partial charge in [-0.15, -0.1) is 0 Å². The molecule has 4 rings (SSSR count). The van der Waals surface area contributed by atoms with E-state index in [-0.39, 0.29) is 21.6 Å². The molecule has 0 radical (unpaired) electrons. The number of furan rings is 1. The Kier molecular flexibility index (Phi) is 5.48. The van der Waals surface area contributed by atoms with E-state index in [2.05, 4.69) is 0 Å². The van der Waals surface area contributed by atoms with E-state index in [4.69, 9.17) is 28.2 Å². The molecule has 1 amide bonds. The maximum atomic E-state index is 13.0. The van der Waals surface area contributed by atoms with Gasteiger partial charge in [0, 0.05) is 5.56 Å². The van der Waals surface area contributed by atoms with Gasteiger partial charge >= 0.3 is 6.18 Å². The molecule has 0 aliphatic carbocycles. The zero-order chi connectivity index (χ0) is 21.5. The molecule has 1 aromatic heterocycles. The molecule has 1 aliphatic heterocycles. The quantitative estimate of drug-likeness (QED) is 0.293. The number of benzene rings is 2. The lowest BCUT2D eigenvalue weighted by Crippen LogP contribution is -2.26. The van der Waals surface area contributed by atoms with Crippen LogP contribution in [0.15, 0.2) is 70.0 Å². The van der Waals surface area contributed by atoms with Crippen molar-refractivity contribution in [1.29, 1.82) is 0 Å². The number of thioether (sulfide) groups is 1. The van der Waals surface area contributed by atoms with E-state index in [0.717, 1.165) is 23.9 Å². The predicted molar refractivity (Wildman–Crippen MR) is 117 cm³/mol. The van der Waals surface area contributed by atoms with Gasteiger partial charge in [0.25, 0.3) is 5.24 Å². The molecule has 2 heterocycles. The molecule has 0 saturated carbocycles. The third-order valence-corrected chi connectivity index (χ3v) is 6.02. The molecule has 0 bridgehead atoms. The van der Waals surface area contributed by atoms with Gasteiger partial charge in [-0.25, -0.2) is 0 Å². The first-order valence-electron chi connectivity index (χ1n) is 8.54. The number of para-hydroxylation sites is 1. The summed E-state index contributed by atoms with van der Waals surface area (Å²) in [5.74, 6) is 0.518. The number of thiocarbonyl (C=S) groups is 1. The number of hydrogen-bond donors (Lipinski definition) is 0. The Morgan fingerprint density at radius 3 is 2.50 bits per heavy atom. The van der Waals surface area contributed by atoms with E-state index in [1.165, 1.54) is 17.0 Å². The normalized spacial score (nSPS) is 16.0. The smallest absolute Gasteiger partial charge is 0.416 e. The second kappa shape index (κ2) is 7.94. The second-order valence-electron chi connectivity index (χ2n) is 6.25. The van der Waals surface area contributed by atoms with Gasteiger partial charge in [-0.3, -0.25) is 9.69 Å². The van der Waals surface area contributed by atoms with E-state index in [1.54, 1.807) is 36.4 Å². The highest BCUT2D eigenvalue weighted by atomic mass is 35.5. The van der Waals surface area contributed by atoms with Crippen LogP contribution in [0.25, 0.3) is 17.4 Å². The van der Waals surface area contributed by atoms with Gasteiger partial charge in [-0.2, -0.15) is 13.2 Å². The molecule has 0 N–H and O–H groups in total. The number of carbonyl (C=O) groups excluding carboxylic acids is 1. The van der Waals surface area contributed by atoms with Gasteiger partial charge in [0.15, 0.2) is 0 Å². The Bertz CT molecular complexity index is 1170. The van der Waals surface area contributed by atoms with Crippen molar-refractivity contribution in [3.05, 3.63) is 81.9 Å². The molecule has 0 spiro atoms. The summed E-state index contributed by atoms with van der Waals surface area (Å²) >= 11 is 12.5. The van der Waals surface area contributed by atoms with Crippen LogP contribution in [0.3, 0.4) is 0 Å². The summed E-state index contributed by atoms with van der Waals surface area (Å²) in [5, 5.41) is -0.113. The lowest BCUT2D eigenvalue weighted by Gasteiger charge is -2.14. The van der Waals surface area contributed by atoms with E-state index >= 15 is 0 Å². The van der Waals surface area contributed by atoms with E-state index in [0.29, 0.717) is 21.3 Å². The maximum absolute atomic E-state index is 13.0. The van der Waals surface area contributed by atoms with Gasteiger partial charge < -0.3 is 4.42 Å². The highest BCUT2D eigenvalue weighted by Crippen LogP contribution is 2.39. The molecular weight excluding hydrogens is 455 g/mol. The maximum Gasteiger partial charge on any atom is 0.416 e. The molecule has 30 heavy (non-hydrogen) atoms. The van der Waals surface area contributed by atoms with E-state index in [9.17, 15) is 18.0 Å². The van der Waals surface area contributed by atoms with Crippen molar-refractivity contribution in [1.82, 2.24) is 0 Å². The zero-order valence-electron chi connectivity index (χ0n) is 14.9. The van der Waals surface area contributed by atoms with Crippen LogP contribution in [0, 0.1) is 0 Å². The molecule has 0 unspecified atom stereocenters. The minimum atomic E-state index is -4.50. The van der Waals surface area contributed by atoms with Crippen molar-refractivity contribution in [2.75, 3.05) is 4.90 Å². The number of hydrogen-bond acceptors (Lipinski definition) is 4. The lowest BCUT2D eigenvalue weighted by atomic mass is 10.1. The summed E-state index contributed by atoms with van der Waals surface area (Å²) in [5.41, 5.74) is -0.0473. The number of alkyl halides is 3. The van der Waals surface area contributed by atoms with Gasteiger partial charge in [-0.1, -0.05) is 42.0 Å². The van der Waals surface area contributed by atoms with E-state index < -0.39 is 11.7 Å². The molecular formula is C21H11ClF3NO2S2.